The molecule has 3 N–H and O–H groups in total. The number of aromatic nitrogens is 4. The summed E-state index contributed by atoms with van der Waals surface area (Å²) in [4.78, 5) is 59.6. The van der Waals surface area contributed by atoms with E-state index in [1.54, 1.807) is 36.8 Å². The topological polar surface area (TPSA) is 158 Å². The number of nitrogens with zero attached hydrogens (tertiary/aromatic N) is 7. The van der Waals surface area contributed by atoms with Crippen LogP contribution in [0, 0.1) is 17.7 Å². The number of amides is 5. The number of hydrogen-bond donors (Lipinski definition) is 3. The molecule has 2 aromatic rings. The number of tetrazole rings is 1. The highest BCUT2D eigenvalue weighted by molar-refractivity contribution is 6.00. The Bertz CT molecular complexity index is 1510. The maximum Gasteiger partial charge on any atom is 0.318 e. The Labute approximate surface area is 287 Å². The smallest absolute Gasteiger partial charge is 0.318 e. The third kappa shape index (κ3) is 8.54. The van der Waals surface area contributed by atoms with Crippen LogP contribution >= 0.6 is 0 Å². The Morgan fingerprint density at radius 1 is 1.04 bits per heavy atom. The molecule has 1 saturated heterocycles. The van der Waals surface area contributed by atoms with Crippen molar-refractivity contribution in [3.05, 3.63) is 35.4 Å². The molecule has 0 bridgehead atoms. The summed E-state index contributed by atoms with van der Waals surface area (Å²) in [5.41, 5.74) is 0.457. The lowest BCUT2D eigenvalue weighted by Gasteiger charge is -2.40. The first-order valence-corrected chi connectivity index (χ1v) is 17.6. The predicted molar refractivity (Wildman–Crippen MR) is 181 cm³/mol. The molecule has 4 atom stereocenters. The number of benzene rings is 1. The summed E-state index contributed by atoms with van der Waals surface area (Å²) in [6.45, 7) is 9.97. The van der Waals surface area contributed by atoms with Crippen LogP contribution in [0.1, 0.15) is 88.3 Å². The maximum atomic E-state index is 15.8. The van der Waals surface area contributed by atoms with E-state index in [2.05, 4.69) is 50.2 Å². The summed E-state index contributed by atoms with van der Waals surface area (Å²) < 4.78 is 17.2. The summed E-state index contributed by atoms with van der Waals surface area (Å²) in [5.74, 6) is -2.20. The fourth-order valence-electron chi connectivity index (χ4n) is 6.83. The Balaban J connectivity index is 1.33. The van der Waals surface area contributed by atoms with E-state index in [4.69, 9.17) is 0 Å². The van der Waals surface area contributed by atoms with Crippen molar-refractivity contribution in [1.82, 2.24) is 45.5 Å². The van der Waals surface area contributed by atoms with Gasteiger partial charge >= 0.3 is 6.03 Å². The molecule has 1 aromatic heterocycles. The second kappa shape index (κ2) is 15.6. The summed E-state index contributed by atoms with van der Waals surface area (Å²) in [6.07, 6.45) is 5.15. The lowest BCUT2D eigenvalue weighted by molar-refractivity contribution is -0.136. The van der Waals surface area contributed by atoms with Crippen LogP contribution < -0.4 is 16.0 Å². The van der Waals surface area contributed by atoms with E-state index in [9.17, 15) is 19.2 Å². The van der Waals surface area contributed by atoms with Gasteiger partial charge in [-0.15, -0.1) is 5.10 Å². The molecule has 3 fully saturated rings. The van der Waals surface area contributed by atoms with Crippen LogP contribution in [0.25, 0.3) is 0 Å². The molecular weight excluding hydrogens is 631 g/mol. The average molecular weight is 683 g/mol. The van der Waals surface area contributed by atoms with E-state index in [1.807, 2.05) is 7.05 Å². The minimum absolute atomic E-state index is 0.000419. The number of carbonyl (C=O) groups excluding carboxylic acids is 4. The fourth-order valence-corrected chi connectivity index (χ4v) is 6.83. The van der Waals surface area contributed by atoms with Crippen molar-refractivity contribution in [3.63, 3.8) is 0 Å². The van der Waals surface area contributed by atoms with Gasteiger partial charge in [0.25, 0.3) is 5.91 Å². The molecule has 3 aliphatic rings. The monoisotopic (exact) mass is 682 g/mol. The highest BCUT2D eigenvalue weighted by Crippen LogP contribution is 2.32. The molecule has 0 unspecified atom stereocenters. The van der Waals surface area contributed by atoms with Crippen molar-refractivity contribution in [2.75, 3.05) is 39.0 Å². The summed E-state index contributed by atoms with van der Waals surface area (Å²) >= 11 is 0. The minimum atomic E-state index is -0.924. The molecule has 2 saturated carbocycles. The summed E-state index contributed by atoms with van der Waals surface area (Å²) in [6, 6.07) is 2.57. The number of aryl methyl sites for hydroxylation is 1. The standard InChI is InChI=1S/C34H51FN10O4/c1-7-45-30(39-40-41-45)32(47)37-29(23-10-8-20(2)9-11-23)31(46)36-27-15-12-24(18-26(27)35)22(4)28(38-34(49)43(6)25-13-14-25)33(48)44-17-16-42(5)21(3)19-44/h12,15,18,20-23,25,28-29H,7-11,13-14,16-17,19H2,1-6H3,(H,36,46)(H,37,47)(H,38,49)/t20?,21-,22+,23?,28-,29+/m1/s1. The average Bonchev–Trinajstić information content (AvgIpc) is 3.83. The van der Waals surface area contributed by atoms with E-state index >= 15 is 4.39 Å². The number of hydrogen-bond acceptors (Lipinski definition) is 8. The normalized spacial score (nSPS) is 23.2. The molecule has 0 spiro atoms. The van der Waals surface area contributed by atoms with Crippen molar-refractivity contribution in [3.8, 4) is 0 Å². The molecule has 5 rings (SSSR count). The highest BCUT2D eigenvalue weighted by Gasteiger charge is 2.38. The van der Waals surface area contributed by atoms with Gasteiger partial charge in [0, 0.05) is 51.2 Å². The van der Waals surface area contributed by atoms with Gasteiger partial charge in [0.2, 0.25) is 17.6 Å². The van der Waals surface area contributed by atoms with Crippen LogP contribution in [0.5, 0.6) is 0 Å². The van der Waals surface area contributed by atoms with Gasteiger partial charge in [-0.3, -0.25) is 14.4 Å². The first-order chi connectivity index (χ1) is 23.4. The van der Waals surface area contributed by atoms with Crippen molar-refractivity contribution >= 4 is 29.4 Å². The fraction of sp³-hybridized carbons (Fsp3) is 0.676. The second-order valence-electron chi connectivity index (χ2n) is 14.2. The SMILES string of the molecule is CCn1nnnc1C(=O)N[C@H](C(=O)Nc1ccc([C@H](C)[C@@H](NC(=O)N(C)C2CC2)C(=O)N2CCN(C)[C@H](C)C2)cc1F)C1CCC(C)CC1. The first kappa shape index (κ1) is 36.1. The molecular formula is C34H51FN10O4. The van der Waals surface area contributed by atoms with Gasteiger partial charge in [0.05, 0.1) is 5.69 Å². The van der Waals surface area contributed by atoms with Gasteiger partial charge < -0.3 is 30.7 Å². The Hall–Kier alpha value is -4.14. The molecule has 14 nitrogen and oxygen atoms in total. The number of rotatable bonds is 11. The van der Waals surface area contributed by atoms with Crippen LogP contribution in [0.3, 0.4) is 0 Å². The quantitative estimate of drug-likeness (QED) is 0.327. The van der Waals surface area contributed by atoms with Gasteiger partial charge in [-0.1, -0.05) is 32.8 Å². The van der Waals surface area contributed by atoms with Gasteiger partial charge in [-0.2, -0.15) is 0 Å². The molecule has 15 heteroatoms. The largest absolute Gasteiger partial charge is 0.338 e. The first-order valence-electron chi connectivity index (χ1n) is 17.6. The molecule has 2 aliphatic carbocycles. The number of halogens is 1. The van der Waals surface area contributed by atoms with Crippen molar-refractivity contribution in [2.24, 2.45) is 11.8 Å². The zero-order chi connectivity index (χ0) is 35.4. The highest BCUT2D eigenvalue weighted by atomic mass is 19.1. The number of urea groups is 1. The van der Waals surface area contributed by atoms with Gasteiger partial charge in [0.15, 0.2) is 0 Å². The van der Waals surface area contributed by atoms with Crippen molar-refractivity contribution in [2.45, 2.75) is 103 Å². The zero-order valence-electron chi connectivity index (χ0n) is 29.5. The Kier molecular flexibility index (Phi) is 11.5. The molecule has 2 heterocycles. The predicted octanol–water partition coefficient (Wildman–Crippen LogP) is 2.83. The number of nitrogens with one attached hydrogen (secondary N) is 3. The molecule has 5 amide bonds. The van der Waals surface area contributed by atoms with Crippen LogP contribution in [-0.4, -0.2) is 117 Å². The third-order valence-corrected chi connectivity index (χ3v) is 10.6. The minimum Gasteiger partial charge on any atom is -0.338 e. The molecule has 49 heavy (non-hydrogen) atoms. The maximum absolute atomic E-state index is 15.8. The Morgan fingerprint density at radius 2 is 1.76 bits per heavy atom. The van der Waals surface area contributed by atoms with E-state index in [1.165, 1.54) is 16.8 Å². The number of piperazine rings is 1. The molecule has 1 aromatic carbocycles. The van der Waals surface area contributed by atoms with Crippen LogP contribution in [-0.2, 0) is 16.1 Å². The van der Waals surface area contributed by atoms with Crippen LogP contribution in [0.4, 0.5) is 14.9 Å². The van der Waals surface area contributed by atoms with Crippen LogP contribution in [0.2, 0.25) is 0 Å². The van der Waals surface area contributed by atoms with Gasteiger partial charge in [0.1, 0.15) is 17.9 Å². The lowest BCUT2D eigenvalue weighted by Crippen LogP contribution is -2.59. The van der Waals surface area contributed by atoms with E-state index < -0.39 is 35.6 Å². The molecule has 268 valence electrons. The van der Waals surface area contributed by atoms with E-state index in [-0.39, 0.29) is 41.5 Å². The van der Waals surface area contributed by atoms with Gasteiger partial charge in [-0.05, 0) is 86.5 Å². The van der Waals surface area contributed by atoms with Crippen LogP contribution in [0.15, 0.2) is 18.2 Å². The van der Waals surface area contributed by atoms with Crippen molar-refractivity contribution in [1.29, 1.82) is 0 Å². The zero-order valence-corrected chi connectivity index (χ0v) is 29.5. The molecule has 1 aliphatic heterocycles. The third-order valence-electron chi connectivity index (χ3n) is 10.6. The van der Waals surface area contributed by atoms with Gasteiger partial charge in [-0.25, -0.2) is 13.9 Å². The van der Waals surface area contributed by atoms with Crippen molar-refractivity contribution < 1.29 is 23.6 Å². The number of likely N-dealkylation sites (N-methyl/N-ethyl adjacent to an activating group) is 1. The molecule has 0 radical (unpaired) electrons. The number of anilines is 1. The lowest BCUT2D eigenvalue weighted by atomic mass is 9.79. The van der Waals surface area contributed by atoms with E-state index in [0.717, 1.165) is 38.5 Å². The second-order valence-corrected chi connectivity index (χ2v) is 14.2. The summed E-state index contributed by atoms with van der Waals surface area (Å²) in [5, 5.41) is 19.7. The van der Waals surface area contributed by atoms with E-state index in [0.29, 0.717) is 37.7 Å². The summed E-state index contributed by atoms with van der Waals surface area (Å²) in [7, 11) is 3.74. The Morgan fingerprint density at radius 3 is 2.39 bits per heavy atom. The number of carbonyl (C=O) groups is 4.